The summed E-state index contributed by atoms with van der Waals surface area (Å²) in [6.07, 6.45) is 3.42. The summed E-state index contributed by atoms with van der Waals surface area (Å²) < 4.78 is 7.20. The summed E-state index contributed by atoms with van der Waals surface area (Å²) in [7, 11) is 0. The molecule has 0 atom stereocenters. The average Bonchev–Trinajstić information content (AvgIpc) is 3.25. The maximum atomic E-state index is 12.7. The Labute approximate surface area is 174 Å². The van der Waals surface area contributed by atoms with E-state index in [-0.39, 0.29) is 5.91 Å². The van der Waals surface area contributed by atoms with E-state index in [0.717, 1.165) is 48.7 Å². The van der Waals surface area contributed by atoms with Gasteiger partial charge in [-0.15, -0.1) is 0 Å². The number of benzene rings is 1. The van der Waals surface area contributed by atoms with E-state index in [2.05, 4.69) is 24.9 Å². The quantitative estimate of drug-likeness (QED) is 0.633. The molecule has 3 aromatic rings. The number of anilines is 1. The first kappa shape index (κ1) is 19.0. The summed E-state index contributed by atoms with van der Waals surface area (Å²) in [4.78, 5) is 28.0. The zero-order valence-electron chi connectivity index (χ0n) is 16.9. The number of piperazine rings is 1. The minimum Gasteiger partial charge on any atom is -0.379 e. The van der Waals surface area contributed by atoms with E-state index in [1.807, 2.05) is 46.1 Å². The third kappa shape index (κ3) is 3.73. The molecular formula is C21H25N7O2. The van der Waals surface area contributed by atoms with Crippen molar-refractivity contribution in [2.24, 2.45) is 0 Å². The van der Waals surface area contributed by atoms with E-state index in [0.29, 0.717) is 32.8 Å². The second kappa shape index (κ2) is 8.37. The lowest BCUT2D eigenvalue weighted by atomic mass is 10.2. The van der Waals surface area contributed by atoms with Gasteiger partial charge in [0.25, 0.3) is 0 Å². The minimum absolute atomic E-state index is 0.196. The van der Waals surface area contributed by atoms with Gasteiger partial charge in [0.2, 0.25) is 5.91 Å². The predicted molar refractivity (Wildman–Crippen MR) is 113 cm³/mol. The third-order valence-electron chi connectivity index (χ3n) is 5.74. The first-order valence-electron chi connectivity index (χ1n) is 10.4. The van der Waals surface area contributed by atoms with Gasteiger partial charge in [0.05, 0.1) is 37.0 Å². The lowest BCUT2D eigenvalue weighted by Crippen LogP contribution is -2.52. The number of hydrogen-bond acceptors (Lipinski definition) is 7. The Hall–Kier alpha value is -3.04. The van der Waals surface area contributed by atoms with Crippen LogP contribution in [0.15, 0.2) is 42.9 Å². The van der Waals surface area contributed by atoms with Gasteiger partial charge in [-0.25, -0.2) is 14.6 Å². The Morgan fingerprint density at radius 1 is 0.967 bits per heavy atom. The Kier molecular flexibility index (Phi) is 5.29. The lowest BCUT2D eigenvalue weighted by Gasteiger charge is -2.37. The molecule has 0 bridgehead atoms. The van der Waals surface area contributed by atoms with Gasteiger partial charge in [-0.1, -0.05) is 18.2 Å². The van der Waals surface area contributed by atoms with Crippen LogP contribution in [0.2, 0.25) is 0 Å². The molecule has 2 saturated heterocycles. The second-order valence-electron chi connectivity index (χ2n) is 7.58. The first-order chi connectivity index (χ1) is 14.8. The number of carbonyl (C=O) groups is 1. The van der Waals surface area contributed by atoms with Crippen LogP contribution in [0.25, 0.3) is 16.7 Å². The molecule has 0 saturated carbocycles. The molecule has 9 nitrogen and oxygen atoms in total. The van der Waals surface area contributed by atoms with Crippen LogP contribution in [-0.2, 0) is 9.53 Å². The van der Waals surface area contributed by atoms with Gasteiger partial charge in [-0.05, 0) is 12.1 Å². The SMILES string of the molecule is O=C(CN1CCOCC1)N1CCN(c2ncnc3c2cnn3-c2ccccc2)CC1. The Balaban J connectivity index is 1.28. The molecular weight excluding hydrogens is 382 g/mol. The van der Waals surface area contributed by atoms with Gasteiger partial charge in [0, 0.05) is 39.3 Å². The van der Waals surface area contributed by atoms with Crippen molar-refractivity contribution in [1.29, 1.82) is 0 Å². The van der Waals surface area contributed by atoms with E-state index in [9.17, 15) is 4.79 Å². The van der Waals surface area contributed by atoms with Crippen LogP contribution < -0.4 is 4.90 Å². The van der Waals surface area contributed by atoms with E-state index in [1.54, 1.807) is 6.33 Å². The molecule has 2 aliphatic rings. The second-order valence-corrected chi connectivity index (χ2v) is 7.58. The standard InChI is InChI=1S/C21H25N7O2/c29-19(15-25-10-12-30-13-11-25)26-6-8-27(9-7-26)20-18-14-24-28(21(18)23-16-22-20)17-4-2-1-3-5-17/h1-5,14,16H,6-13,15H2. The summed E-state index contributed by atoms with van der Waals surface area (Å²) in [5, 5.41) is 5.46. The largest absolute Gasteiger partial charge is 0.379 e. The van der Waals surface area contributed by atoms with Crippen molar-refractivity contribution in [2.75, 3.05) is 63.9 Å². The Morgan fingerprint density at radius 2 is 1.73 bits per heavy atom. The molecule has 1 aromatic carbocycles. The molecule has 2 fully saturated rings. The molecule has 2 aliphatic heterocycles. The van der Waals surface area contributed by atoms with Crippen LogP contribution in [0.3, 0.4) is 0 Å². The highest BCUT2D eigenvalue weighted by atomic mass is 16.5. The number of morpholine rings is 1. The number of ether oxygens (including phenoxy) is 1. The maximum absolute atomic E-state index is 12.7. The molecule has 2 aromatic heterocycles. The zero-order chi connectivity index (χ0) is 20.3. The number of para-hydroxylation sites is 1. The number of aromatic nitrogens is 4. The fourth-order valence-corrected chi connectivity index (χ4v) is 4.06. The molecule has 0 N–H and O–H groups in total. The van der Waals surface area contributed by atoms with E-state index < -0.39 is 0 Å². The predicted octanol–water partition coefficient (Wildman–Crippen LogP) is 0.796. The van der Waals surface area contributed by atoms with Gasteiger partial charge in [0.1, 0.15) is 12.1 Å². The molecule has 156 valence electrons. The van der Waals surface area contributed by atoms with Crippen LogP contribution in [0.1, 0.15) is 0 Å². The zero-order valence-corrected chi connectivity index (χ0v) is 16.9. The van der Waals surface area contributed by atoms with Crippen molar-refractivity contribution in [3.8, 4) is 5.69 Å². The van der Waals surface area contributed by atoms with Gasteiger partial charge < -0.3 is 14.5 Å². The highest BCUT2D eigenvalue weighted by Gasteiger charge is 2.25. The van der Waals surface area contributed by atoms with Crippen molar-refractivity contribution in [3.05, 3.63) is 42.9 Å². The van der Waals surface area contributed by atoms with E-state index in [1.165, 1.54) is 0 Å². The fourth-order valence-electron chi connectivity index (χ4n) is 4.06. The van der Waals surface area contributed by atoms with Crippen molar-refractivity contribution in [2.45, 2.75) is 0 Å². The lowest BCUT2D eigenvalue weighted by molar-refractivity contribution is -0.133. The molecule has 5 rings (SSSR count). The van der Waals surface area contributed by atoms with Crippen molar-refractivity contribution in [3.63, 3.8) is 0 Å². The van der Waals surface area contributed by atoms with E-state index in [4.69, 9.17) is 4.74 Å². The molecule has 0 spiro atoms. The van der Waals surface area contributed by atoms with Crippen molar-refractivity contribution in [1.82, 2.24) is 29.5 Å². The normalized spacial score (nSPS) is 18.1. The molecule has 4 heterocycles. The summed E-state index contributed by atoms with van der Waals surface area (Å²) in [5.74, 6) is 1.07. The molecule has 0 aliphatic carbocycles. The summed E-state index contributed by atoms with van der Waals surface area (Å²) in [6.45, 7) is 6.44. The monoisotopic (exact) mass is 407 g/mol. The highest BCUT2D eigenvalue weighted by Crippen LogP contribution is 2.25. The Morgan fingerprint density at radius 3 is 2.50 bits per heavy atom. The number of rotatable bonds is 4. The summed E-state index contributed by atoms with van der Waals surface area (Å²) in [5.41, 5.74) is 1.76. The van der Waals surface area contributed by atoms with Crippen molar-refractivity contribution >= 4 is 22.8 Å². The average molecular weight is 407 g/mol. The number of fused-ring (bicyclic) bond motifs is 1. The van der Waals surface area contributed by atoms with Crippen LogP contribution >= 0.6 is 0 Å². The molecule has 30 heavy (non-hydrogen) atoms. The van der Waals surface area contributed by atoms with Crippen LogP contribution in [-0.4, -0.2) is 94.5 Å². The molecule has 0 unspecified atom stereocenters. The van der Waals surface area contributed by atoms with Crippen LogP contribution in [0, 0.1) is 0 Å². The van der Waals surface area contributed by atoms with Crippen LogP contribution in [0.5, 0.6) is 0 Å². The van der Waals surface area contributed by atoms with Gasteiger partial charge in [-0.3, -0.25) is 9.69 Å². The fraction of sp³-hybridized carbons (Fsp3) is 0.429. The first-order valence-corrected chi connectivity index (χ1v) is 10.4. The van der Waals surface area contributed by atoms with Crippen LogP contribution in [0.4, 0.5) is 5.82 Å². The Bertz CT molecular complexity index is 1010. The van der Waals surface area contributed by atoms with Gasteiger partial charge >= 0.3 is 0 Å². The molecule has 0 radical (unpaired) electrons. The van der Waals surface area contributed by atoms with Gasteiger partial charge in [0.15, 0.2) is 5.65 Å². The summed E-state index contributed by atoms with van der Waals surface area (Å²) >= 11 is 0. The van der Waals surface area contributed by atoms with Gasteiger partial charge in [-0.2, -0.15) is 5.10 Å². The third-order valence-corrected chi connectivity index (χ3v) is 5.74. The van der Waals surface area contributed by atoms with Crippen molar-refractivity contribution < 1.29 is 9.53 Å². The van der Waals surface area contributed by atoms with E-state index >= 15 is 0 Å². The number of carbonyl (C=O) groups excluding carboxylic acids is 1. The topological polar surface area (TPSA) is 79.6 Å². The maximum Gasteiger partial charge on any atom is 0.236 e. The summed E-state index contributed by atoms with van der Waals surface area (Å²) in [6, 6.07) is 9.96. The number of amides is 1. The molecule has 9 heteroatoms. The molecule has 1 amide bonds. The smallest absolute Gasteiger partial charge is 0.236 e. The number of hydrogen-bond donors (Lipinski definition) is 0. The number of nitrogens with zero attached hydrogens (tertiary/aromatic N) is 7. The minimum atomic E-state index is 0.196. The highest BCUT2D eigenvalue weighted by molar-refractivity contribution is 5.88.